The number of rotatable bonds is 4. The second kappa shape index (κ2) is 7.04. The van der Waals surface area contributed by atoms with Gasteiger partial charge in [-0.05, 0) is 40.4 Å². The molecule has 2 rings (SSSR count). The summed E-state index contributed by atoms with van der Waals surface area (Å²) in [7, 11) is 0. The number of aliphatic hydroxyl groups excluding tert-OH is 1. The average Bonchev–Trinajstić information content (AvgIpc) is 2.85. The predicted octanol–water partition coefficient (Wildman–Crippen LogP) is 1.41. The Balaban J connectivity index is 1.93. The van der Waals surface area contributed by atoms with Gasteiger partial charge in [0.2, 0.25) is 5.91 Å². The van der Waals surface area contributed by atoms with Crippen molar-refractivity contribution in [1.82, 2.24) is 10.2 Å². The van der Waals surface area contributed by atoms with Gasteiger partial charge in [0.15, 0.2) is 0 Å². The quantitative estimate of drug-likeness (QED) is 0.858. The molecule has 0 bridgehead atoms. The van der Waals surface area contributed by atoms with Crippen molar-refractivity contribution in [2.24, 2.45) is 5.92 Å². The molecule has 6 heteroatoms. The maximum Gasteiger partial charge on any atom is 0.252 e. The van der Waals surface area contributed by atoms with Crippen LogP contribution in [0.15, 0.2) is 28.7 Å². The molecule has 0 spiro atoms. The number of hydrogen-bond donors (Lipinski definition) is 2. The number of likely N-dealkylation sites (tertiary alicyclic amines) is 1. The highest BCUT2D eigenvalue weighted by molar-refractivity contribution is 9.10. The molecule has 0 aliphatic carbocycles. The van der Waals surface area contributed by atoms with Crippen molar-refractivity contribution in [1.29, 1.82) is 0 Å². The Labute approximate surface area is 132 Å². The number of aliphatic hydroxyl groups is 1. The van der Waals surface area contributed by atoms with Crippen LogP contribution in [-0.4, -0.2) is 47.6 Å². The van der Waals surface area contributed by atoms with Crippen molar-refractivity contribution >= 4 is 27.7 Å². The highest BCUT2D eigenvalue weighted by Gasteiger charge is 2.33. The van der Waals surface area contributed by atoms with Crippen LogP contribution in [0.2, 0.25) is 0 Å². The van der Waals surface area contributed by atoms with Crippen LogP contribution in [0.4, 0.5) is 0 Å². The molecule has 1 heterocycles. The zero-order chi connectivity index (χ0) is 15.4. The zero-order valence-electron chi connectivity index (χ0n) is 11.9. The summed E-state index contributed by atoms with van der Waals surface area (Å²) in [6.45, 7) is 2.57. The van der Waals surface area contributed by atoms with E-state index in [2.05, 4.69) is 21.2 Å². The number of carbonyl (C=O) groups excluding carboxylic acids is 2. The van der Waals surface area contributed by atoms with Crippen molar-refractivity contribution in [3.63, 3.8) is 0 Å². The summed E-state index contributed by atoms with van der Waals surface area (Å²) in [4.78, 5) is 25.9. The van der Waals surface area contributed by atoms with Gasteiger partial charge in [0.25, 0.3) is 5.91 Å². The van der Waals surface area contributed by atoms with Gasteiger partial charge in [0.1, 0.15) is 0 Å². The number of amides is 2. The molecule has 2 amide bonds. The van der Waals surface area contributed by atoms with E-state index in [1.54, 1.807) is 23.1 Å². The minimum atomic E-state index is -0.288. The van der Waals surface area contributed by atoms with Crippen LogP contribution in [0.1, 0.15) is 23.7 Å². The third kappa shape index (κ3) is 3.63. The fourth-order valence-electron chi connectivity index (χ4n) is 2.59. The first-order valence-electron chi connectivity index (χ1n) is 6.97. The summed E-state index contributed by atoms with van der Waals surface area (Å²) < 4.78 is 0.693. The fraction of sp³-hybridized carbons (Fsp3) is 0.467. The van der Waals surface area contributed by atoms with E-state index >= 15 is 0 Å². The molecule has 1 aliphatic heterocycles. The van der Waals surface area contributed by atoms with Gasteiger partial charge < -0.3 is 15.3 Å². The molecule has 2 N–H and O–H groups in total. The fourth-order valence-corrected chi connectivity index (χ4v) is 3.06. The Bertz CT molecular complexity index is 535. The molecular weight excluding hydrogens is 336 g/mol. The molecule has 0 saturated carbocycles. The van der Waals surface area contributed by atoms with Gasteiger partial charge in [-0.1, -0.05) is 19.1 Å². The van der Waals surface area contributed by atoms with Crippen molar-refractivity contribution in [3.8, 4) is 0 Å². The number of nitrogens with zero attached hydrogens (tertiary/aromatic N) is 1. The third-order valence-electron chi connectivity index (χ3n) is 3.91. The van der Waals surface area contributed by atoms with E-state index in [9.17, 15) is 14.7 Å². The van der Waals surface area contributed by atoms with E-state index < -0.39 is 0 Å². The maximum atomic E-state index is 12.2. The standard InChI is InChI=1S/C15H19BrN2O3/c1-10-6-7-18(13(10)9-19)14(20)8-17-15(21)11-4-2-3-5-12(11)16/h2-5,10,13,19H,6-9H2,1H3,(H,17,21). The van der Waals surface area contributed by atoms with Crippen LogP contribution in [0.3, 0.4) is 0 Å². The van der Waals surface area contributed by atoms with E-state index in [0.717, 1.165) is 6.42 Å². The minimum Gasteiger partial charge on any atom is -0.394 e. The smallest absolute Gasteiger partial charge is 0.252 e. The number of halogens is 1. The normalized spacial score (nSPS) is 21.4. The molecular formula is C15H19BrN2O3. The Morgan fingerprint density at radius 2 is 2.14 bits per heavy atom. The predicted molar refractivity (Wildman–Crippen MR) is 82.8 cm³/mol. The van der Waals surface area contributed by atoms with E-state index in [-0.39, 0.29) is 36.9 Å². The van der Waals surface area contributed by atoms with Crippen LogP contribution in [-0.2, 0) is 4.79 Å². The van der Waals surface area contributed by atoms with Gasteiger partial charge in [0.05, 0.1) is 24.8 Å². The van der Waals surface area contributed by atoms with Crippen molar-refractivity contribution in [2.75, 3.05) is 19.7 Å². The number of carbonyl (C=O) groups is 2. The molecule has 0 radical (unpaired) electrons. The zero-order valence-corrected chi connectivity index (χ0v) is 13.5. The van der Waals surface area contributed by atoms with Gasteiger partial charge in [-0.2, -0.15) is 0 Å². The molecule has 114 valence electrons. The van der Waals surface area contributed by atoms with Crippen molar-refractivity contribution in [2.45, 2.75) is 19.4 Å². The molecule has 21 heavy (non-hydrogen) atoms. The first-order valence-corrected chi connectivity index (χ1v) is 7.77. The Morgan fingerprint density at radius 1 is 1.43 bits per heavy atom. The SMILES string of the molecule is CC1CCN(C(=O)CNC(=O)c2ccccc2Br)C1CO. The Hall–Kier alpha value is -1.40. The molecule has 2 unspecified atom stereocenters. The number of nitrogens with one attached hydrogen (secondary N) is 1. The summed E-state index contributed by atoms with van der Waals surface area (Å²) in [6, 6.07) is 6.92. The van der Waals surface area contributed by atoms with Crippen molar-refractivity contribution in [3.05, 3.63) is 34.3 Å². The van der Waals surface area contributed by atoms with Gasteiger partial charge in [-0.3, -0.25) is 9.59 Å². The van der Waals surface area contributed by atoms with Crippen LogP contribution < -0.4 is 5.32 Å². The highest BCUT2D eigenvalue weighted by Crippen LogP contribution is 2.23. The molecule has 1 aliphatic rings. The van der Waals surface area contributed by atoms with Crippen LogP contribution in [0, 0.1) is 5.92 Å². The van der Waals surface area contributed by atoms with Gasteiger partial charge in [-0.15, -0.1) is 0 Å². The monoisotopic (exact) mass is 354 g/mol. The van der Waals surface area contributed by atoms with E-state index in [1.165, 1.54) is 0 Å². The molecule has 2 atom stereocenters. The van der Waals surface area contributed by atoms with Crippen LogP contribution >= 0.6 is 15.9 Å². The second-order valence-electron chi connectivity index (χ2n) is 5.27. The molecule has 1 aromatic rings. The maximum absolute atomic E-state index is 12.2. The lowest BCUT2D eigenvalue weighted by atomic mass is 10.0. The van der Waals surface area contributed by atoms with E-state index in [0.29, 0.717) is 16.6 Å². The highest BCUT2D eigenvalue weighted by atomic mass is 79.9. The third-order valence-corrected chi connectivity index (χ3v) is 4.60. The Morgan fingerprint density at radius 3 is 2.81 bits per heavy atom. The molecule has 0 aromatic heterocycles. The summed E-state index contributed by atoms with van der Waals surface area (Å²) in [5.41, 5.74) is 0.499. The lowest BCUT2D eigenvalue weighted by Crippen LogP contribution is -2.45. The van der Waals surface area contributed by atoms with E-state index in [1.807, 2.05) is 13.0 Å². The summed E-state index contributed by atoms with van der Waals surface area (Å²) in [6.07, 6.45) is 0.884. The first kappa shape index (κ1) is 16.0. The molecule has 1 aromatic carbocycles. The lowest BCUT2D eigenvalue weighted by Gasteiger charge is -2.25. The summed E-state index contributed by atoms with van der Waals surface area (Å²) in [5, 5.41) is 12.0. The van der Waals surface area contributed by atoms with Crippen molar-refractivity contribution < 1.29 is 14.7 Å². The largest absolute Gasteiger partial charge is 0.394 e. The summed E-state index contributed by atoms with van der Waals surface area (Å²) >= 11 is 3.31. The Kier molecular flexibility index (Phi) is 5.36. The summed E-state index contributed by atoms with van der Waals surface area (Å²) in [5.74, 6) is -0.152. The van der Waals surface area contributed by atoms with Gasteiger partial charge >= 0.3 is 0 Å². The second-order valence-corrected chi connectivity index (χ2v) is 6.12. The molecule has 1 saturated heterocycles. The number of benzene rings is 1. The van der Waals surface area contributed by atoms with Crippen LogP contribution in [0.5, 0.6) is 0 Å². The van der Waals surface area contributed by atoms with Gasteiger partial charge in [-0.25, -0.2) is 0 Å². The molecule has 1 fully saturated rings. The number of hydrogen-bond acceptors (Lipinski definition) is 3. The first-order chi connectivity index (χ1) is 10.0. The minimum absolute atomic E-state index is 0.0366. The topological polar surface area (TPSA) is 69.6 Å². The van der Waals surface area contributed by atoms with Gasteiger partial charge in [0, 0.05) is 11.0 Å². The molecule has 5 nitrogen and oxygen atoms in total. The van der Waals surface area contributed by atoms with Crippen LogP contribution in [0.25, 0.3) is 0 Å². The van der Waals surface area contributed by atoms with E-state index in [4.69, 9.17) is 0 Å². The average molecular weight is 355 g/mol. The lowest BCUT2D eigenvalue weighted by molar-refractivity contribution is -0.132.